The number of aryl methyl sites for hydroxylation is 1. The molecule has 0 aliphatic carbocycles. The number of halogens is 5. The molecule has 0 aromatic heterocycles. The van der Waals surface area contributed by atoms with Crippen LogP contribution in [0.3, 0.4) is 0 Å². The third-order valence-corrected chi connectivity index (χ3v) is 2.61. The Labute approximate surface area is 96.8 Å². The Morgan fingerprint density at radius 3 is 2.44 bits per heavy atom. The first-order valence-corrected chi connectivity index (χ1v) is 4.85. The van der Waals surface area contributed by atoms with Gasteiger partial charge in [0, 0.05) is 4.47 Å². The number of nitrogens with one attached hydrogen (secondary N) is 1. The second-order valence-electron chi connectivity index (χ2n) is 3.03. The zero-order chi connectivity index (χ0) is 12.5. The van der Waals surface area contributed by atoms with Gasteiger partial charge in [-0.3, -0.25) is 4.79 Å². The molecule has 0 bridgehead atoms. The van der Waals surface area contributed by atoms with Gasteiger partial charge in [0.2, 0.25) is 0 Å². The highest BCUT2D eigenvalue weighted by Gasteiger charge is 2.39. The monoisotopic (exact) mass is 299 g/mol. The Morgan fingerprint density at radius 1 is 1.38 bits per heavy atom. The fourth-order valence-corrected chi connectivity index (χ4v) is 1.26. The molecule has 0 saturated heterocycles. The smallest absolute Gasteiger partial charge is 0.316 e. The van der Waals surface area contributed by atoms with Crippen LogP contribution in [0.2, 0.25) is 0 Å². The lowest BCUT2D eigenvalue weighted by Gasteiger charge is -2.10. The minimum absolute atomic E-state index is 0.412. The molecule has 1 N–H and O–H groups in total. The zero-order valence-electron chi connectivity index (χ0n) is 7.95. The Hall–Kier alpha value is -1.11. The van der Waals surface area contributed by atoms with Gasteiger partial charge >= 0.3 is 12.1 Å². The largest absolute Gasteiger partial charge is 0.471 e. The highest BCUT2D eigenvalue weighted by Crippen LogP contribution is 2.25. The first-order chi connectivity index (χ1) is 7.21. The van der Waals surface area contributed by atoms with Crippen molar-refractivity contribution in [3.63, 3.8) is 0 Å². The summed E-state index contributed by atoms with van der Waals surface area (Å²) in [5, 5.41) is 1.46. The second kappa shape index (κ2) is 4.40. The number of carbonyl (C=O) groups excluding carboxylic acids is 1. The van der Waals surface area contributed by atoms with Gasteiger partial charge in [-0.1, -0.05) is 15.9 Å². The number of hydrogen-bond acceptors (Lipinski definition) is 1. The maximum atomic E-state index is 13.2. The van der Waals surface area contributed by atoms with E-state index in [0.717, 1.165) is 12.1 Å². The van der Waals surface area contributed by atoms with Crippen molar-refractivity contribution in [2.24, 2.45) is 0 Å². The number of anilines is 1. The van der Waals surface area contributed by atoms with E-state index < -0.39 is 23.6 Å². The van der Waals surface area contributed by atoms with Crippen molar-refractivity contribution in [3.8, 4) is 0 Å². The van der Waals surface area contributed by atoms with E-state index in [4.69, 9.17) is 0 Å². The third-order valence-electron chi connectivity index (χ3n) is 1.75. The fourth-order valence-electron chi connectivity index (χ4n) is 0.946. The number of rotatable bonds is 1. The van der Waals surface area contributed by atoms with Crippen molar-refractivity contribution in [2.75, 3.05) is 5.32 Å². The second-order valence-corrected chi connectivity index (χ2v) is 3.89. The van der Waals surface area contributed by atoms with Crippen LogP contribution in [0, 0.1) is 12.7 Å². The minimum atomic E-state index is -5.03. The molecule has 0 fully saturated rings. The van der Waals surface area contributed by atoms with E-state index in [9.17, 15) is 22.4 Å². The van der Waals surface area contributed by atoms with E-state index in [1.165, 1.54) is 5.32 Å². The van der Waals surface area contributed by atoms with Gasteiger partial charge < -0.3 is 5.32 Å². The normalized spacial score (nSPS) is 11.4. The van der Waals surface area contributed by atoms with Crippen molar-refractivity contribution in [2.45, 2.75) is 13.1 Å². The maximum absolute atomic E-state index is 13.2. The Kier molecular flexibility index (Phi) is 3.57. The molecule has 0 aliphatic rings. The van der Waals surface area contributed by atoms with Crippen LogP contribution in [0.25, 0.3) is 0 Å². The Morgan fingerprint density at radius 2 is 1.94 bits per heavy atom. The lowest BCUT2D eigenvalue weighted by atomic mass is 10.2. The molecule has 0 saturated carbocycles. The summed E-state index contributed by atoms with van der Waals surface area (Å²) in [5.74, 6) is -3.14. The van der Waals surface area contributed by atoms with Crippen molar-refractivity contribution >= 4 is 27.5 Å². The molecule has 0 spiro atoms. The minimum Gasteiger partial charge on any atom is -0.316 e. The Bertz CT molecular complexity index is 430. The van der Waals surface area contributed by atoms with Crippen LogP contribution in [0.4, 0.5) is 23.2 Å². The van der Waals surface area contributed by atoms with Crippen LogP contribution in [0.15, 0.2) is 16.6 Å². The Balaban J connectivity index is 2.99. The predicted octanol–water partition coefficient (Wildman–Crippen LogP) is 3.40. The van der Waals surface area contributed by atoms with Gasteiger partial charge in [-0.15, -0.1) is 0 Å². The molecule has 16 heavy (non-hydrogen) atoms. The molecule has 7 heteroatoms. The molecule has 0 radical (unpaired) electrons. The van der Waals surface area contributed by atoms with Crippen LogP contribution in [0.1, 0.15) is 5.56 Å². The van der Waals surface area contributed by atoms with Gasteiger partial charge in [-0.25, -0.2) is 4.39 Å². The van der Waals surface area contributed by atoms with Gasteiger partial charge in [0.05, 0.1) is 5.69 Å². The maximum Gasteiger partial charge on any atom is 0.471 e. The summed E-state index contributed by atoms with van der Waals surface area (Å²) in [6.07, 6.45) is -5.03. The van der Waals surface area contributed by atoms with Crippen molar-refractivity contribution in [1.29, 1.82) is 0 Å². The molecule has 1 rings (SSSR count). The van der Waals surface area contributed by atoms with E-state index in [0.29, 0.717) is 10.0 Å². The molecule has 0 aliphatic heterocycles. The molecule has 1 aromatic rings. The lowest BCUT2D eigenvalue weighted by Crippen LogP contribution is -2.30. The summed E-state index contributed by atoms with van der Waals surface area (Å²) in [6, 6.07) is 2.10. The van der Waals surface area contributed by atoms with Crippen molar-refractivity contribution < 1.29 is 22.4 Å². The molecule has 1 amide bonds. The molecule has 2 nitrogen and oxygen atoms in total. The van der Waals surface area contributed by atoms with Crippen LogP contribution < -0.4 is 5.32 Å². The summed E-state index contributed by atoms with van der Waals surface area (Å²) in [6.45, 7) is 1.56. The number of amides is 1. The number of benzene rings is 1. The highest BCUT2D eigenvalue weighted by atomic mass is 79.9. The molecular weight excluding hydrogens is 294 g/mol. The van der Waals surface area contributed by atoms with E-state index in [-0.39, 0.29) is 0 Å². The topological polar surface area (TPSA) is 29.1 Å². The number of alkyl halides is 3. The molecule has 0 atom stereocenters. The summed E-state index contributed by atoms with van der Waals surface area (Å²) in [5.41, 5.74) is 0.0156. The zero-order valence-corrected chi connectivity index (χ0v) is 9.54. The van der Waals surface area contributed by atoms with Crippen molar-refractivity contribution in [3.05, 3.63) is 28.0 Å². The summed E-state index contributed by atoms with van der Waals surface area (Å²) in [7, 11) is 0. The molecular formula is C9H6BrF4NO. The summed E-state index contributed by atoms with van der Waals surface area (Å²) in [4.78, 5) is 10.6. The molecule has 0 heterocycles. The highest BCUT2D eigenvalue weighted by molar-refractivity contribution is 9.10. The van der Waals surface area contributed by atoms with Crippen LogP contribution in [-0.2, 0) is 4.79 Å². The average molecular weight is 300 g/mol. The van der Waals surface area contributed by atoms with Crippen molar-refractivity contribution in [1.82, 2.24) is 0 Å². The van der Waals surface area contributed by atoms with Gasteiger partial charge in [-0.2, -0.15) is 13.2 Å². The third kappa shape index (κ3) is 2.94. The SMILES string of the molecule is Cc1cc(NC(=O)C(F)(F)F)c(F)cc1Br. The number of hydrogen-bond donors (Lipinski definition) is 1. The van der Waals surface area contributed by atoms with Crippen LogP contribution in [-0.4, -0.2) is 12.1 Å². The first-order valence-electron chi connectivity index (χ1n) is 4.05. The summed E-state index contributed by atoms with van der Waals surface area (Å²) >= 11 is 3.01. The quantitative estimate of drug-likeness (QED) is 0.791. The molecule has 0 unspecified atom stereocenters. The van der Waals surface area contributed by atoms with E-state index >= 15 is 0 Å². The van der Waals surface area contributed by atoms with Gasteiger partial charge in [0.15, 0.2) is 0 Å². The fraction of sp³-hybridized carbons (Fsp3) is 0.222. The average Bonchev–Trinajstić information content (AvgIpc) is 2.12. The predicted molar refractivity (Wildman–Crippen MR) is 53.5 cm³/mol. The van der Waals surface area contributed by atoms with Gasteiger partial charge in [0.25, 0.3) is 0 Å². The molecule has 88 valence electrons. The first kappa shape index (κ1) is 13.0. The summed E-state index contributed by atoms with van der Waals surface area (Å²) < 4.78 is 49.3. The van der Waals surface area contributed by atoms with Gasteiger partial charge in [-0.05, 0) is 24.6 Å². The standard InChI is InChI=1S/C9H6BrF4NO/c1-4-2-7(6(11)3-5(4)10)15-8(16)9(12,13)14/h2-3H,1H3,(H,15,16). The molecule has 1 aromatic carbocycles. The van der Waals surface area contributed by atoms with E-state index in [1.807, 2.05) is 0 Å². The van der Waals surface area contributed by atoms with Gasteiger partial charge in [0.1, 0.15) is 5.82 Å². The number of carbonyl (C=O) groups is 1. The van der Waals surface area contributed by atoms with Crippen LogP contribution >= 0.6 is 15.9 Å². The van der Waals surface area contributed by atoms with E-state index in [1.54, 1.807) is 6.92 Å². The lowest BCUT2D eigenvalue weighted by molar-refractivity contribution is -0.167. The van der Waals surface area contributed by atoms with E-state index in [2.05, 4.69) is 15.9 Å². The van der Waals surface area contributed by atoms with Crippen LogP contribution in [0.5, 0.6) is 0 Å².